The van der Waals surface area contributed by atoms with Gasteiger partial charge in [0.2, 0.25) is 5.91 Å². The van der Waals surface area contributed by atoms with E-state index in [1.165, 1.54) is 32.1 Å². The summed E-state index contributed by atoms with van der Waals surface area (Å²) in [5.74, 6) is 0.104. The first-order valence-electron chi connectivity index (χ1n) is 7.80. The number of hydrogen-bond donors (Lipinski definition) is 2. The second-order valence-corrected chi connectivity index (χ2v) is 7.48. The molecule has 1 rings (SSSR count). The van der Waals surface area contributed by atoms with E-state index in [-0.39, 0.29) is 17.2 Å². The van der Waals surface area contributed by atoms with E-state index in [1.807, 2.05) is 0 Å². The number of rotatable bonds is 6. The van der Waals surface area contributed by atoms with Crippen molar-refractivity contribution in [2.24, 2.45) is 22.5 Å². The Morgan fingerprint density at radius 1 is 1.32 bits per heavy atom. The molecule has 1 aliphatic carbocycles. The lowest BCUT2D eigenvalue weighted by atomic mass is 9.82. The van der Waals surface area contributed by atoms with Crippen LogP contribution in [-0.4, -0.2) is 19.0 Å². The predicted molar refractivity (Wildman–Crippen MR) is 80.8 cm³/mol. The van der Waals surface area contributed by atoms with Gasteiger partial charge < -0.3 is 11.1 Å². The van der Waals surface area contributed by atoms with Crippen molar-refractivity contribution in [3.8, 4) is 0 Å². The third-order valence-corrected chi connectivity index (χ3v) is 4.57. The van der Waals surface area contributed by atoms with Crippen LogP contribution in [0.4, 0.5) is 0 Å². The smallest absolute Gasteiger partial charge is 0.224 e. The van der Waals surface area contributed by atoms with Gasteiger partial charge in [0.1, 0.15) is 0 Å². The average molecular weight is 268 g/mol. The zero-order valence-corrected chi connectivity index (χ0v) is 13.2. The molecule has 1 fully saturated rings. The van der Waals surface area contributed by atoms with Gasteiger partial charge in [-0.3, -0.25) is 4.79 Å². The van der Waals surface area contributed by atoms with Crippen molar-refractivity contribution in [2.45, 2.75) is 66.2 Å². The molecule has 1 atom stereocenters. The number of carbonyl (C=O) groups excluding carboxylic acids is 1. The highest BCUT2D eigenvalue weighted by molar-refractivity contribution is 5.78. The van der Waals surface area contributed by atoms with Crippen LogP contribution in [0.3, 0.4) is 0 Å². The fourth-order valence-electron chi connectivity index (χ4n) is 3.22. The van der Waals surface area contributed by atoms with Crippen LogP contribution >= 0.6 is 0 Å². The molecule has 3 heteroatoms. The maximum Gasteiger partial charge on any atom is 0.224 e. The van der Waals surface area contributed by atoms with Crippen molar-refractivity contribution in [1.29, 1.82) is 0 Å². The summed E-state index contributed by atoms with van der Waals surface area (Å²) in [6.45, 7) is 10.0. The minimum absolute atomic E-state index is 0.0460. The lowest BCUT2D eigenvalue weighted by molar-refractivity contribution is -0.126. The quantitative estimate of drug-likeness (QED) is 0.778. The molecule has 0 aromatic heterocycles. The Morgan fingerprint density at radius 2 is 1.89 bits per heavy atom. The van der Waals surface area contributed by atoms with Crippen LogP contribution in [0.1, 0.15) is 66.2 Å². The van der Waals surface area contributed by atoms with Gasteiger partial charge in [-0.05, 0) is 36.5 Å². The number of nitrogens with one attached hydrogen (secondary N) is 1. The van der Waals surface area contributed by atoms with Gasteiger partial charge in [0, 0.05) is 13.1 Å². The molecule has 1 aliphatic rings. The Balaban J connectivity index is 2.48. The van der Waals surface area contributed by atoms with Crippen LogP contribution in [0.2, 0.25) is 0 Å². The van der Waals surface area contributed by atoms with Crippen molar-refractivity contribution in [3.63, 3.8) is 0 Å². The number of nitrogens with two attached hydrogens (primary N) is 1. The SMILES string of the molecule is CCC1(CNC(=O)C(CN)CC(C)(C)C)CCCC1. The van der Waals surface area contributed by atoms with E-state index in [1.54, 1.807) is 0 Å². The molecule has 0 saturated heterocycles. The molecule has 0 aromatic carbocycles. The van der Waals surface area contributed by atoms with Crippen molar-refractivity contribution < 1.29 is 4.79 Å². The van der Waals surface area contributed by atoms with E-state index in [0.717, 1.165) is 13.0 Å². The molecular formula is C16H32N2O. The lowest BCUT2D eigenvalue weighted by Gasteiger charge is -2.30. The fraction of sp³-hybridized carbons (Fsp3) is 0.938. The van der Waals surface area contributed by atoms with Gasteiger partial charge in [0.05, 0.1) is 5.92 Å². The van der Waals surface area contributed by atoms with Crippen molar-refractivity contribution in [1.82, 2.24) is 5.32 Å². The van der Waals surface area contributed by atoms with Gasteiger partial charge in [-0.2, -0.15) is 0 Å². The molecule has 0 aliphatic heterocycles. The largest absolute Gasteiger partial charge is 0.355 e. The highest BCUT2D eigenvalue weighted by Crippen LogP contribution is 2.40. The minimum atomic E-state index is -0.0460. The average Bonchev–Trinajstić information content (AvgIpc) is 2.81. The molecule has 0 aromatic rings. The van der Waals surface area contributed by atoms with E-state index < -0.39 is 0 Å². The summed E-state index contributed by atoms with van der Waals surface area (Å²) < 4.78 is 0. The summed E-state index contributed by atoms with van der Waals surface area (Å²) in [5, 5.41) is 3.17. The van der Waals surface area contributed by atoms with E-state index >= 15 is 0 Å². The number of carbonyl (C=O) groups is 1. The molecule has 112 valence electrons. The van der Waals surface area contributed by atoms with Crippen LogP contribution in [0.5, 0.6) is 0 Å². The highest BCUT2D eigenvalue weighted by atomic mass is 16.1. The lowest BCUT2D eigenvalue weighted by Crippen LogP contribution is -2.42. The van der Waals surface area contributed by atoms with Crippen molar-refractivity contribution in [3.05, 3.63) is 0 Å². The maximum atomic E-state index is 12.3. The maximum absolute atomic E-state index is 12.3. The Hall–Kier alpha value is -0.570. The molecule has 0 bridgehead atoms. The van der Waals surface area contributed by atoms with E-state index in [9.17, 15) is 4.79 Å². The molecule has 0 spiro atoms. The van der Waals surface area contributed by atoms with Crippen LogP contribution in [0.15, 0.2) is 0 Å². The van der Waals surface area contributed by atoms with Crippen LogP contribution in [0.25, 0.3) is 0 Å². The molecule has 1 amide bonds. The highest BCUT2D eigenvalue weighted by Gasteiger charge is 2.33. The van der Waals surface area contributed by atoms with Gasteiger partial charge >= 0.3 is 0 Å². The van der Waals surface area contributed by atoms with Gasteiger partial charge in [-0.15, -0.1) is 0 Å². The van der Waals surface area contributed by atoms with E-state index in [0.29, 0.717) is 12.0 Å². The topological polar surface area (TPSA) is 55.1 Å². The second-order valence-electron chi connectivity index (χ2n) is 7.48. The van der Waals surface area contributed by atoms with Gasteiger partial charge in [-0.1, -0.05) is 40.5 Å². The summed E-state index contributed by atoms with van der Waals surface area (Å²) in [6.07, 6.45) is 7.17. The molecule has 1 unspecified atom stereocenters. The molecule has 0 heterocycles. The molecule has 19 heavy (non-hydrogen) atoms. The third-order valence-electron chi connectivity index (χ3n) is 4.57. The normalized spacial score (nSPS) is 20.3. The minimum Gasteiger partial charge on any atom is -0.355 e. The second kappa shape index (κ2) is 6.74. The van der Waals surface area contributed by atoms with Crippen molar-refractivity contribution >= 4 is 5.91 Å². The summed E-state index contributed by atoms with van der Waals surface area (Å²) in [7, 11) is 0. The summed E-state index contributed by atoms with van der Waals surface area (Å²) in [4.78, 5) is 12.3. The monoisotopic (exact) mass is 268 g/mol. The Labute approximate surface area is 118 Å². The van der Waals surface area contributed by atoms with E-state index in [4.69, 9.17) is 5.73 Å². The molecular weight excluding hydrogens is 236 g/mol. The number of hydrogen-bond acceptors (Lipinski definition) is 2. The van der Waals surface area contributed by atoms with Crippen molar-refractivity contribution in [2.75, 3.05) is 13.1 Å². The Bertz CT molecular complexity index is 288. The summed E-state index contributed by atoms with van der Waals surface area (Å²) in [5.41, 5.74) is 6.28. The fourth-order valence-corrected chi connectivity index (χ4v) is 3.22. The van der Waals surface area contributed by atoms with Crippen LogP contribution in [-0.2, 0) is 4.79 Å². The van der Waals surface area contributed by atoms with Gasteiger partial charge in [0.25, 0.3) is 0 Å². The zero-order valence-electron chi connectivity index (χ0n) is 13.2. The standard InChI is InChI=1S/C16H32N2O/c1-5-16(8-6-7-9-16)12-18-14(19)13(11-17)10-15(2,3)4/h13H,5-12,17H2,1-4H3,(H,18,19). The molecule has 3 nitrogen and oxygen atoms in total. The van der Waals surface area contributed by atoms with E-state index in [2.05, 4.69) is 33.0 Å². The summed E-state index contributed by atoms with van der Waals surface area (Å²) >= 11 is 0. The predicted octanol–water partition coefficient (Wildman–Crippen LogP) is 3.08. The van der Waals surface area contributed by atoms with Gasteiger partial charge in [-0.25, -0.2) is 0 Å². The summed E-state index contributed by atoms with van der Waals surface area (Å²) in [6, 6.07) is 0. The Kier molecular flexibility index (Phi) is 5.84. The molecule has 0 radical (unpaired) electrons. The number of amides is 1. The first-order valence-corrected chi connectivity index (χ1v) is 7.80. The third kappa shape index (κ3) is 5.13. The molecule has 1 saturated carbocycles. The van der Waals surface area contributed by atoms with Gasteiger partial charge in [0.15, 0.2) is 0 Å². The van der Waals surface area contributed by atoms with Crippen LogP contribution < -0.4 is 11.1 Å². The molecule has 3 N–H and O–H groups in total. The first-order chi connectivity index (χ1) is 8.82. The zero-order chi connectivity index (χ0) is 14.5. The van der Waals surface area contributed by atoms with Crippen LogP contribution in [0, 0.1) is 16.7 Å². The first kappa shape index (κ1) is 16.5. The Morgan fingerprint density at radius 3 is 2.32 bits per heavy atom.